The van der Waals surface area contributed by atoms with Gasteiger partial charge in [-0.05, 0) is 45.1 Å². The predicted molar refractivity (Wildman–Crippen MR) is 151 cm³/mol. The Kier molecular flexibility index (Phi) is 23.4. The molecule has 0 aromatic rings. The lowest BCUT2D eigenvalue weighted by molar-refractivity contribution is -0.132. The zero-order valence-corrected chi connectivity index (χ0v) is 26.5. The zero-order valence-electron chi connectivity index (χ0n) is 24.5. The number of unbranched alkanes of at least 4 members (excludes halogenated alkanes) is 7. The number of carbonyl (C=O) groups excluding carboxylic acids is 1. The Balaban J connectivity index is 0. The van der Waals surface area contributed by atoms with Crippen molar-refractivity contribution < 1.29 is 41.3 Å². The highest BCUT2D eigenvalue weighted by Gasteiger charge is 2.39. The summed E-state index contributed by atoms with van der Waals surface area (Å²) in [5, 5.41) is 8.69. The summed E-state index contributed by atoms with van der Waals surface area (Å²) in [4.78, 5) is 22.1. The Labute approximate surface area is 227 Å². The van der Waals surface area contributed by atoms with Crippen LogP contribution in [0.2, 0.25) is 12.1 Å². The molecule has 0 aliphatic heterocycles. The summed E-state index contributed by atoms with van der Waals surface area (Å²) in [5.74, 6) is -0.939. The van der Waals surface area contributed by atoms with E-state index in [-0.39, 0.29) is 12.4 Å². The van der Waals surface area contributed by atoms with Gasteiger partial charge >= 0.3 is 23.6 Å². The molecule has 0 amide bonds. The molecule has 0 fully saturated rings. The standard InChI is InChI=1S/C13H26O5Si.C13H26O4Si/c1-12(13(14)15)10-8-6-5-7-9-11-19(16-2,17-3)18-4;1-6-7-8-9-10-18(15-4,16-5)17-11-13(14)12(2)3/h10H,5-9,11H2,1-4H3,(H,14,15);2,6-11H2,1,3-5H3. The summed E-state index contributed by atoms with van der Waals surface area (Å²) in [6, 6.07) is 1.57. The number of allylic oxidation sites excluding steroid dienone is 1. The van der Waals surface area contributed by atoms with Crippen molar-refractivity contribution in [3.8, 4) is 0 Å². The van der Waals surface area contributed by atoms with Gasteiger partial charge in [-0.2, -0.15) is 0 Å². The number of aliphatic carboxylic acids is 1. The van der Waals surface area contributed by atoms with Gasteiger partial charge in [-0.15, -0.1) is 0 Å². The maximum Gasteiger partial charge on any atom is 0.500 e. The van der Waals surface area contributed by atoms with Gasteiger partial charge in [0.2, 0.25) is 0 Å². The molecule has 0 bridgehead atoms. The van der Waals surface area contributed by atoms with Gasteiger partial charge in [0.05, 0.1) is 0 Å². The van der Waals surface area contributed by atoms with Crippen LogP contribution in [0.1, 0.15) is 78.6 Å². The van der Waals surface area contributed by atoms with Gasteiger partial charge in [0, 0.05) is 53.2 Å². The van der Waals surface area contributed by atoms with Crippen LogP contribution < -0.4 is 0 Å². The summed E-state index contributed by atoms with van der Waals surface area (Å²) in [5.41, 5.74) is 0.917. The smallest absolute Gasteiger partial charge is 0.478 e. The highest BCUT2D eigenvalue weighted by molar-refractivity contribution is 6.61. The van der Waals surface area contributed by atoms with Crippen molar-refractivity contribution in [3.05, 3.63) is 23.8 Å². The van der Waals surface area contributed by atoms with Gasteiger partial charge in [-0.3, -0.25) is 4.79 Å². The van der Waals surface area contributed by atoms with E-state index in [2.05, 4.69) is 13.5 Å². The van der Waals surface area contributed by atoms with Crippen molar-refractivity contribution in [2.75, 3.05) is 42.2 Å². The van der Waals surface area contributed by atoms with Gasteiger partial charge in [-0.1, -0.05) is 51.7 Å². The number of Topliss-reactive ketones (excluding diaryl/α,β-unsaturated/α-hetero) is 1. The fraction of sp³-hybridized carbons (Fsp3) is 0.769. The van der Waals surface area contributed by atoms with Gasteiger partial charge in [0.25, 0.3) is 0 Å². The maximum absolute atomic E-state index is 11.5. The average Bonchev–Trinajstić information content (AvgIpc) is 2.90. The van der Waals surface area contributed by atoms with Gasteiger partial charge in [0.15, 0.2) is 5.78 Å². The molecule has 0 radical (unpaired) electrons. The lowest BCUT2D eigenvalue weighted by Crippen LogP contribution is -2.45. The normalized spacial score (nSPS) is 12.2. The molecule has 0 aliphatic rings. The van der Waals surface area contributed by atoms with Crippen LogP contribution >= 0.6 is 0 Å². The van der Waals surface area contributed by atoms with Crippen molar-refractivity contribution in [2.45, 2.75) is 90.6 Å². The minimum Gasteiger partial charge on any atom is -0.478 e. The molecule has 9 nitrogen and oxygen atoms in total. The third-order valence-corrected chi connectivity index (χ3v) is 11.6. The summed E-state index contributed by atoms with van der Waals surface area (Å²) in [6.07, 6.45) is 11.3. The quantitative estimate of drug-likeness (QED) is 0.0990. The molecular weight excluding hydrogens is 512 g/mol. The van der Waals surface area contributed by atoms with Crippen LogP contribution in [0.4, 0.5) is 0 Å². The third kappa shape index (κ3) is 17.9. The lowest BCUT2D eigenvalue weighted by atomic mass is 10.1. The Morgan fingerprint density at radius 2 is 1.22 bits per heavy atom. The Morgan fingerprint density at radius 1 is 0.757 bits per heavy atom. The molecule has 1 N–H and O–H groups in total. The molecule has 11 heteroatoms. The predicted octanol–water partition coefficient (Wildman–Crippen LogP) is 5.81. The van der Waals surface area contributed by atoms with E-state index in [1.807, 2.05) is 0 Å². The number of hydrogen-bond acceptors (Lipinski definition) is 8. The van der Waals surface area contributed by atoms with E-state index < -0.39 is 23.6 Å². The molecule has 0 rings (SSSR count). The molecule has 0 unspecified atom stereocenters. The molecule has 0 saturated carbocycles. The molecule has 0 saturated heterocycles. The van der Waals surface area contributed by atoms with Gasteiger partial charge in [-0.25, -0.2) is 4.79 Å². The van der Waals surface area contributed by atoms with E-state index in [0.717, 1.165) is 57.0 Å². The average molecular weight is 565 g/mol. The molecule has 0 spiro atoms. The molecule has 0 aromatic carbocycles. The summed E-state index contributed by atoms with van der Waals surface area (Å²) in [7, 11) is 2.97. The van der Waals surface area contributed by atoms with Crippen LogP contribution in [0.5, 0.6) is 0 Å². The maximum atomic E-state index is 11.5. The number of hydrogen-bond donors (Lipinski definition) is 1. The zero-order chi connectivity index (χ0) is 28.7. The van der Waals surface area contributed by atoms with E-state index in [0.29, 0.717) is 11.1 Å². The Bertz CT molecular complexity index is 652. The first-order valence-electron chi connectivity index (χ1n) is 13.0. The van der Waals surface area contributed by atoms with Crippen molar-refractivity contribution in [1.29, 1.82) is 0 Å². The molecule has 0 aromatic heterocycles. The first kappa shape index (κ1) is 38.0. The summed E-state index contributed by atoms with van der Waals surface area (Å²) in [6.45, 7) is 9.06. The lowest BCUT2D eigenvalue weighted by Gasteiger charge is -2.26. The highest BCUT2D eigenvalue weighted by Crippen LogP contribution is 2.19. The second kappa shape index (κ2) is 22.8. The van der Waals surface area contributed by atoms with Crippen molar-refractivity contribution >= 4 is 29.4 Å². The summed E-state index contributed by atoms with van der Waals surface area (Å²) < 4.78 is 32.5. The monoisotopic (exact) mass is 564 g/mol. The number of rotatable bonds is 22. The first-order chi connectivity index (χ1) is 17.5. The first-order valence-corrected chi connectivity index (χ1v) is 16.9. The van der Waals surface area contributed by atoms with Crippen LogP contribution in [-0.4, -0.2) is 76.6 Å². The van der Waals surface area contributed by atoms with Crippen LogP contribution in [0.25, 0.3) is 0 Å². The van der Waals surface area contributed by atoms with Crippen LogP contribution in [-0.2, 0) is 36.1 Å². The van der Waals surface area contributed by atoms with E-state index in [1.54, 1.807) is 55.5 Å². The number of carboxylic acids is 1. The highest BCUT2D eigenvalue weighted by atomic mass is 28.4. The van der Waals surface area contributed by atoms with E-state index in [9.17, 15) is 9.59 Å². The fourth-order valence-corrected chi connectivity index (χ4v) is 7.13. The van der Waals surface area contributed by atoms with E-state index in [1.165, 1.54) is 12.8 Å². The minimum absolute atomic E-state index is 0.00296. The van der Waals surface area contributed by atoms with E-state index >= 15 is 0 Å². The van der Waals surface area contributed by atoms with Gasteiger partial charge in [0.1, 0.15) is 6.61 Å². The number of ketones is 1. The molecule has 0 heterocycles. The van der Waals surface area contributed by atoms with E-state index in [4.69, 9.17) is 31.7 Å². The minimum atomic E-state index is -2.66. The van der Waals surface area contributed by atoms with Crippen LogP contribution in [0, 0.1) is 0 Å². The van der Waals surface area contributed by atoms with Crippen molar-refractivity contribution in [2.24, 2.45) is 0 Å². The van der Waals surface area contributed by atoms with Crippen molar-refractivity contribution in [3.63, 3.8) is 0 Å². The summed E-state index contributed by atoms with van der Waals surface area (Å²) >= 11 is 0. The Morgan fingerprint density at radius 3 is 1.65 bits per heavy atom. The molecule has 218 valence electrons. The molecule has 37 heavy (non-hydrogen) atoms. The third-order valence-electron chi connectivity index (χ3n) is 6.02. The van der Waals surface area contributed by atoms with Crippen molar-refractivity contribution in [1.82, 2.24) is 0 Å². The fourth-order valence-electron chi connectivity index (χ4n) is 3.35. The van der Waals surface area contributed by atoms with Crippen LogP contribution in [0.3, 0.4) is 0 Å². The SMILES string of the molecule is C=C(C)C(=O)CO[Si](CCCCCC)(OC)OC.CO[Si](CCCCCCC=C(C)C(=O)O)(OC)OC. The van der Waals surface area contributed by atoms with Crippen LogP contribution in [0.15, 0.2) is 23.8 Å². The number of carbonyl (C=O) groups is 2. The second-order valence-electron chi connectivity index (χ2n) is 8.83. The molecule has 0 aliphatic carbocycles. The molecular formula is C26H52O9Si2. The largest absolute Gasteiger partial charge is 0.500 e. The number of carboxylic acid groups (broad SMARTS) is 1. The second-order valence-corrected chi connectivity index (χ2v) is 14.9. The topological polar surface area (TPSA) is 110 Å². The Hall–Kier alpha value is -1.19. The molecule has 0 atom stereocenters. The van der Waals surface area contributed by atoms with Gasteiger partial charge < -0.3 is 31.7 Å².